The molecule has 0 fully saturated rings. The third-order valence-corrected chi connectivity index (χ3v) is 3.18. The summed E-state index contributed by atoms with van der Waals surface area (Å²) >= 11 is 0. The molecule has 0 spiro atoms. The Hall–Kier alpha value is -1.35. The second-order valence-electron chi connectivity index (χ2n) is 5.88. The van der Waals surface area contributed by atoms with E-state index in [1.165, 1.54) is 5.56 Å². The summed E-state index contributed by atoms with van der Waals surface area (Å²) in [6.07, 6.45) is 2.13. The Morgan fingerprint density at radius 1 is 1.33 bits per heavy atom. The summed E-state index contributed by atoms with van der Waals surface area (Å²) in [5, 5.41) is 3.26. The van der Waals surface area contributed by atoms with E-state index in [1.54, 1.807) is 0 Å². The first kappa shape index (κ1) is 13.1. The molecule has 1 amide bonds. The van der Waals surface area contributed by atoms with Gasteiger partial charge in [-0.1, -0.05) is 18.2 Å². The molecule has 0 radical (unpaired) electrons. The van der Waals surface area contributed by atoms with Gasteiger partial charge in [0.05, 0.1) is 6.54 Å². The maximum atomic E-state index is 12.3. The topological polar surface area (TPSA) is 32.3 Å². The summed E-state index contributed by atoms with van der Waals surface area (Å²) in [6, 6.07) is 8.21. The number of hydrogen-bond acceptors (Lipinski definition) is 2. The predicted molar refractivity (Wildman–Crippen MR) is 74.9 cm³/mol. The zero-order valence-corrected chi connectivity index (χ0v) is 11.5. The molecule has 2 rings (SSSR count). The number of amides is 1. The molecule has 1 heterocycles. The summed E-state index contributed by atoms with van der Waals surface area (Å²) in [4.78, 5) is 14.2. The lowest BCUT2D eigenvalue weighted by atomic mass is 10.0. The van der Waals surface area contributed by atoms with Gasteiger partial charge < -0.3 is 10.2 Å². The highest BCUT2D eigenvalue weighted by Gasteiger charge is 2.22. The smallest absolute Gasteiger partial charge is 0.240 e. The molecule has 0 saturated carbocycles. The van der Waals surface area contributed by atoms with Crippen molar-refractivity contribution in [3.8, 4) is 0 Å². The number of nitrogens with one attached hydrogen (secondary N) is 1. The van der Waals surface area contributed by atoms with Gasteiger partial charge in [0.15, 0.2) is 0 Å². The molecule has 1 N–H and O–H groups in total. The minimum Gasteiger partial charge on any atom is -0.311 e. The highest BCUT2D eigenvalue weighted by atomic mass is 16.2. The number of benzene rings is 1. The number of carbonyl (C=O) groups is 1. The summed E-state index contributed by atoms with van der Waals surface area (Å²) < 4.78 is 0. The number of hydrogen-bond donors (Lipinski definition) is 1. The van der Waals surface area contributed by atoms with E-state index in [9.17, 15) is 4.79 Å². The molecule has 0 saturated heterocycles. The van der Waals surface area contributed by atoms with Gasteiger partial charge in [0.1, 0.15) is 0 Å². The van der Waals surface area contributed by atoms with Crippen molar-refractivity contribution in [1.29, 1.82) is 0 Å². The SMILES string of the molecule is CC(C)(C)NCC(=O)N1CCCc2ccccc21. The third kappa shape index (κ3) is 3.10. The first-order valence-corrected chi connectivity index (χ1v) is 6.61. The third-order valence-electron chi connectivity index (χ3n) is 3.18. The fraction of sp³-hybridized carbons (Fsp3) is 0.533. The van der Waals surface area contributed by atoms with Crippen LogP contribution in [0.4, 0.5) is 5.69 Å². The van der Waals surface area contributed by atoms with Gasteiger partial charge in [0, 0.05) is 17.8 Å². The first-order chi connectivity index (χ1) is 8.47. The Balaban J connectivity index is 2.08. The molecule has 3 nitrogen and oxygen atoms in total. The maximum absolute atomic E-state index is 12.3. The van der Waals surface area contributed by atoms with Crippen molar-refractivity contribution in [3.63, 3.8) is 0 Å². The van der Waals surface area contributed by atoms with Crippen LogP contribution < -0.4 is 10.2 Å². The number of para-hydroxylation sites is 1. The van der Waals surface area contributed by atoms with E-state index in [0.29, 0.717) is 6.54 Å². The Labute approximate surface area is 109 Å². The zero-order chi connectivity index (χ0) is 13.2. The van der Waals surface area contributed by atoms with E-state index < -0.39 is 0 Å². The summed E-state index contributed by atoms with van der Waals surface area (Å²) in [7, 11) is 0. The number of aryl methyl sites for hydroxylation is 1. The van der Waals surface area contributed by atoms with Crippen LogP contribution in [0.15, 0.2) is 24.3 Å². The fourth-order valence-electron chi connectivity index (χ4n) is 2.23. The van der Waals surface area contributed by atoms with Crippen LogP contribution in [0.25, 0.3) is 0 Å². The number of nitrogens with zero attached hydrogens (tertiary/aromatic N) is 1. The van der Waals surface area contributed by atoms with Crippen LogP contribution in [0.3, 0.4) is 0 Å². The van der Waals surface area contributed by atoms with Gasteiger partial charge in [-0.3, -0.25) is 4.79 Å². The van der Waals surface area contributed by atoms with Crippen LogP contribution in [-0.2, 0) is 11.2 Å². The van der Waals surface area contributed by atoms with Crippen molar-refractivity contribution in [2.24, 2.45) is 0 Å². The molecule has 0 unspecified atom stereocenters. The van der Waals surface area contributed by atoms with Gasteiger partial charge in [0.2, 0.25) is 5.91 Å². The van der Waals surface area contributed by atoms with Crippen molar-refractivity contribution < 1.29 is 4.79 Å². The number of anilines is 1. The standard InChI is InChI=1S/C15H22N2O/c1-15(2,3)16-11-14(18)17-10-6-8-12-7-4-5-9-13(12)17/h4-5,7,9,16H,6,8,10-11H2,1-3H3. The molecule has 18 heavy (non-hydrogen) atoms. The van der Waals surface area contributed by atoms with E-state index in [2.05, 4.69) is 32.2 Å². The highest BCUT2D eigenvalue weighted by molar-refractivity contribution is 5.96. The first-order valence-electron chi connectivity index (χ1n) is 6.61. The molecule has 0 bridgehead atoms. The van der Waals surface area contributed by atoms with Crippen molar-refractivity contribution in [1.82, 2.24) is 5.32 Å². The minimum atomic E-state index is -0.0229. The molecule has 1 aromatic carbocycles. The van der Waals surface area contributed by atoms with Crippen LogP contribution in [-0.4, -0.2) is 24.5 Å². The Kier molecular flexibility index (Phi) is 3.71. The normalized spacial score (nSPS) is 15.4. The van der Waals surface area contributed by atoms with E-state index in [-0.39, 0.29) is 11.4 Å². The van der Waals surface area contributed by atoms with Gasteiger partial charge in [-0.2, -0.15) is 0 Å². The molecule has 1 aliphatic rings. The maximum Gasteiger partial charge on any atom is 0.240 e. The number of rotatable bonds is 2. The molecule has 0 atom stereocenters. The average molecular weight is 246 g/mol. The van der Waals surface area contributed by atoms with Crippen molar-refractivity contribution in [3.05, 3.63) is 29.8 Å². The van der Waals surface area contributed by atoms with Crippen molar-refractivity contribution in [2.75, 3.05) is 18.0 Å². The Morgan fingerprint density at radius 2 is 2.06 bits per heavy atom. The van der Waals surface area contributed by atoms with E-state index in [1.807, 2.05) is 23.1 Å². The molecule has 3 heteroatoms. The number of carbonyl (C=O) groups excluding carboxylic acids is 1. The van der Waals surface area contributed by atoms with E-state index in [0.717, 1.165) is 25.1 Å². The summed E-state index contributed by atoms with van der Waals surface area (Å²) in [5.74, 6) is 0.164. The Morgan fingerprint density at radius 3 is 2.78 bits per heavy atom. The summed E-state index contributed by atoms with van der Waals surface area (Å²) in [6.45, 7) is 7.46. The molecule has 0 aromatic heterocycles. The van der Waals surface area contributed by atoms with Gasteiger partial charge in [-0.05, 0) is 45.2 Å². The summed E-state index contributed by atoms with van der Waals surface area (Å²) in [5.41, 5.74) is 2.35. The molecule has 1 aliphatic heterocycles. The van der Waals surface area contributed by atoms with Gasteiger partial charge in [0.25, 0.3) is 0 Å². The lowest BCUT2D eigenvalue weighted by molar-refractivity contribution is -0.118. The van der Waals surface area contributed by atoms with Crippen molar-refractivity contribution >= 4 is 11.6 Å². The monoisotopic (exact) mass is 246 g/mol. The highest BCUT2D eigenvalue weighted by Crippen LogP contribution is 2.26. The largest absolute Gasteiger partial charge is 0.311 e. The van der Waals surface area contributed by atoms with Crippen LogP contribution in [0.2, 0.25) is 0 Å². The number of fused-ring (bicyclic) bond motifs is 1. The van der Waals surface area contributed by atoms with Crippen LogP contribution in [0.5, 0.6) is 0 Å². The minimum absolute atomic E-state index is 0.0229. The van der Waals surface area contributed by atoms with Gasteiger partial charge >= 0.3 is 0 Å². The second-order valence-corrected chi connectivity index (χ2v) is 5.88. The Bertz CT molecular complexity index is 434. The average Bonchev–Trinajstić information content (AvgIpc) is 2.34. The quantitative estimate of drug-likeness (QED) is 0.868. The van der Waals surface area contributed by atoms with Gasteiger partial charge in [-0.25, -0.2) is 0 Å². The molecule has 1 aromatic rings. The predicted octanol–water partition coefficient (Wildman–Crippen LogP) is 2.35. The van der Waals surface area contributed by atoms with Crippen molar-refractivity contribution in [2.45, 2.75) is 39.2 Å². The second kappa shape index (κ2) is 5.11. The molecular formula is C15H22N2O. The van der Waals surface area contributed by atoms with Crippen LogP contribution in [0, 0.1) is 0 Å². The molecule has 0 aliphatic carbocycles. The zero-order valence-electron chi connectivity index (χ0n) is 11.5. The fourth-order valence-corrected chi connectivity index (χ4v) is 2.23. The van der Waals surface area contributed by atoms with E-state index >= 15 is 0 Å². The lowest BCUT2D eigenvalue weighted by Crippen LogP contribution is -2.46. The molecule has 98 valence electrons. The molecular weight excluding hydrogens is 224 g/mol. The van der Waals surface area contributed by atoms with Crippen LogP contribution in [0.1, 0.15) is 32.8 Å². The van der Waals surface area contributed by atoms with Gasteiger partial charge in [-0.15, -0.1) is 0 Å². The van der Waals surface area contributed by atoms with Crippen LogP contribution >= 0.6 is 0 Å². The van der Waals surface area contributed by atoms with E-state index in [4.69, 9.17) is 0 Å². The lowest BCUT2D eigenvalue weighted by Gasteiger charge is -2.31.